The number of carbonyl (C=O) groups excluding carboxylic acids is 1. The summed E-state index contributed by atoms with van der Waals surface area (Å²) in [6.45, 7) is -0.0708. The van der Waals surface area contributed by atoms with Crippen molar-refractivity contribution >= 4 is 23.5 Å². The minimum absolute atomic E-state index is 0.0708. The van der Waals surface area contributed by atoms with Gasteiger partial charge in [-0.05, 0) is 42.0 Å². The molecular formula is C19H16ClNO4. The minimum Gasteiger partial charge on any atom is -0.496 e. The van der Waals surface area contributed by atoms with E-state index < -0.39 is 0 Å². The number of carbonyl (C=O) groups is 1. The highest BCUT2D eigenvalue weighted by Crippen LogP contribution is 2.29. The smallest absolute Gasteiger partial charge is 0.189 e. The maximum atomic E-state index is 12.4. The van der Waals surface area contributed by atoms with Gasteiger partial charge in [-0.2, -0.15) is 5.26 Å². The van der Waals surface area contributed by atoms with E-state index in [0.717, 1.165) is 5.56 Å². The van der Waals surface area contributed by atoms with Gasteiger partial charge in [0.15, 0.2) is 23.9 Å². The van der Waals surface area contributed by atoms with Gasteiger partial charge in [0.05, 0.1) is 19.8 Å². The van der Waals surface area contributed by atoms with Crippen LogP contribution in [0.2, 0.25) is 5.02 Å². The Labute approximate surface area is 151 Å². The lowest BCUT2D eigenvalue weighted by molar-refractivity contribution is 0.104. The highest BCUT2D eigenvalue weighted by Gasteiger charge is 2.10. The van der Waals surface area contributed by atoms with Crippen LogP contribution in [-0.2, 0) is 0 Å². The minimum atomic E-state index is -0.233. The Morgan fingerprint density at radius 2 is 1.84 bits per heavy atom. The second-order valence-electron chi connectivity index (χ2n) is 4.90. The second kappa shape index (κ2) is 8.76. The van der Waals surface area contributed by atoms with Crippen molar-refractivity contribution in [2.45, 2.75) is 0 Å². The van der Waals surface area contributed by atoms with Gasteiger partial charge in [-0.15, -0.1) is 0 Å². The standard InChI is InChI=1S/C19H16ClNO4/c1-23-17-8-5-14(20)12-15(17)16(22)6-3-13-4-7-18(25-10-9-21)19(11-13)24-2/h3-8,11-12H,10H2,1-2H3/b6-3+. The van der Waals surface area contributed by atoms with E-state index in [1.165, 1.54) is 20.3 Å². The number of benzene rings is 2. The molecule has 0 atom stereocenters. The quantitative estimate of drug-likeness (QED) is 0.550. The average molecular weight is 358 g/mol. The first-order chi connectivity index (χ1) is 12.1. The number of halogens is 1. The third-order valence-electron chi connectivity index (χ3n) is 3.33. The SMILES string of the molecule is COc1cc(/C=C/C(=O)c2cc(Cl)ccc2OC)ccc1OCC#N. The van der Waals surface area contributed by atoms with Crippen LogP contribution in [0.1, 0.15) is 15.9 Å². The molecule has 0 bridgehead atoms. The van der Waals surface area contributed by atoms with Crippen LogP contribution >= 0.6 is 11.6 Å². The molecule has 0 heterocycles. The van der Waals surface area contributed by atoms with E-state index in [1.54, 1.807) is 42.5 Å². The molecule has 0 aliphatic rings. The molecule has 0 radical (unpaired) electrons. The summed E-state index contributed by atoms with van der Waals surface area (Å²) in [7, 11) is 3.00. The fourth-order valence-electron chi connectivity index (χ4n) is 2.15. The topological polar surface area (TPSA) is 68.6 Å². The first-order valence-corrected chi connectivity index (χ1v) is 7.70. The van der Waals surface area contributed by atoms with Crippen LogP contribution in [0.25, 0.3) is 6.08 Å². The van der Waals surface area contributed by atoms with Crippen molar-refractivity contribution in [3.8, 4) is 23.3 Å². The highest BCUT2D eigenvalue weighted by molar-refractivity contribution is 6.31. The normalized spacial score (nSPS) is 10.3. The van der Waals surface area contributed by atoms with Crippen molar-refractivity contribution in [3.05, 3.63) is 58.6 Å². The van der Waals surface area contributed by atoms with Gasteiger partial charge in [0.2, 0.25) is 0 Å². The second-order valence-corrected chi connectivity index (χ2v) is 5.34. The fraction of sp³-hybridized carbons (Fsp3) is 0.158. The Kier molecular flexibility index (Phi) is 6.44. The number of hydrogen-bond donors (Lipinski definition) is 0. The maximum absolute atomic E-state index is 12.4. The van der Waals surface area contributed by atoms with Crippen molar-refractivity contribution in [1.82, 2.24) is 0 Å². The van der Waals surface area contributed by atoms with E-state index in [-0.39, 0.29) is 12.4 Å². The highest BCUT2D eigenvalue weighted by atomic mass is 35.5. The Hall–Kier alpha value is -2.97. The van der Waals surface area contributed by atoms with E-state index in [9.17, 15) is 4.79 Å². The zero-order valence-electron chi connectivity index (χ0n) is 13.8. The summed E-state index contributed by atoms with van der Waals surface area (Å²) >= 11 is 5.95. The van der Waals surface area contributed by atoms with E-state index in [2.05, 4.69) is 0 Å². The lowest BCUT2D eigenvalue weighted by atomic mass is 10.1. The molecule has 0 fully saturated rings. The molecule has 0 saturated carbocycles. The van der Waals surface area contributed by atoms with E-state index in [1.807, 2.05) is 6.07 Å². The zero-order valence-corrected chi connectivity index (χ0v) is 14.5. The molecule has 6 heteroatoms. The van der Waals surface area contributed by atoms with Crippen LogP contribution in [0.3, 0.4) is 0 Å². The first-order valence-electron chi connectivity index (χ1n) is 7.32. The number of ketones is 1. The summed E-state index contributed by atoms with van der Waals surface area (Å²) in [4.78, 5) is 12.4. The van der Waals surface area contributed by atoms with Crippen LogP contribution in [-0.4, -0.2) is 26.6 Å². The molecule has 128 valence electrons. The molecule has 0 N–H and O–H groups in total. The zero-order chi connectivity index (χ0) is 18.2. The number of methoxy groups -OCH3 is 2. The lowest BCUT2D eigenvalue weighted by Gasteiger charge is -2.09. The Morgan fingerprint density at radius 1 is 1.12 bits per heavy atom. The molecule has 0 saturated heterocycles. The number of hydrogen-bond acceptors (Lipinski definition) is 5. The van der Waals surface area contributed by atoms with Gasteiger partial charge in [0.25, 0.3) is 0 Å². The summed E-state index contributed by atoms with van der Waals surface area (Å²) in [5.41, 5.74) is 1.13. The summed E-state index contributed by atoms with van der Waals surface area (Å²) < 4.78 is 15.7. The number of nitrogens with zero attached hydrogens (tertiary/aromatic N) is 1. The van der Waals surface area contributed by atoms with Crippen molar-refractivity contribution in [3.63, 3.8) is 0 Å². The molecular weight excluding hydrogens is 342 g/mol. The molecule has 0 amide bonds. The van der Waals surface area contributed by atoms with Gasteiger partial charge in [-0.25, -0.2) is 0 Å². The van der Waals surface area contributed by atoms with Crippen molar-refractivity contribution < 1.29 is 19.0 Å². The van der Waals surface area contributed by atoms with Crippen molar-refractivity contribution in [2.24, 2.45) is 0 Å². The predicted molar refractivity (Wildman–Crippen MR) is 95.5 cm³/mol. The van der Waals surface area contributed by atoms with E-state index in [0.29, 0.717) is 27.8 Å². The summed E-state index contributed by atoms with van der Waals surface area (Å²) in [6, 6.07) is 11.9. The van der Waals surface area contributed by atoms with Crippen molar-refractivity contribution in [1.29, 1.82) is 5.26 Å². The Balaban J connectivity index is 2.23. The molecule has 0 spiro atoms. The molecule has 5 nitrogen and oxygen atoms in total. The van der Waals surface area contributed by atoms with Crippen molar-refractivity contribution in [2.75, 3.05) is 20.8 Å². The van der Waals surface area contributed by atoms with Crippen LogP contribution in [0.4, 0.5) is 0 Å². The van der Waals surface area contributed by atoms with Gasteiger partial charge in [-0.3, -0.25) is 4.79 Å². The molecule has 25 heavy (non-hydrogen) atoms. The Bertz CT molecular complexity index is 840. The van der Waals surface area contributed by atoms with Gasteiger partial charge in [0, 0.05) is 5.02 Å². The molecule has 2 rings (SSSR count). The predicted octanol–water partition coefficient (Wildman–Crippen LogP) is 4.16. The lowest BCUT2D eigenvalue weighted by Crippen LogP contribution is -1.99. The average Bonchev–Trinajstić information content (AvgIpc) is 2.64. The number of allylic oxidation sites excluding steroid dienone is 1. The van der Waals surface area contributed by atoms with Gasteiger partial charge >= 0.3 is 0 Å². The van der Waals surface area contributed by atoms with Crippen LogP contribution in [0.15, 0.2) is 42.5 Å². The molecule has 0 unspecified atom stereocenters. The summed E-state index contributed by atoms with van der Waals surface area (Å²) in [5, 5.41) is 9.03. The molecule has 2 aromatic rings. The number of ether oxygens (including phenoxy) is 3. The monoisotopic (exact) mass is 357 g/mol. The van der Waals surface area contributed by atoms with Gasteiger partial charge < -0.3 is 14.2 Å². The van der Waals surface area contributed by atoms with E-state index in [4.69, 9.17) is 31.1 Å². The molecule has 0 aliphatic heterocycles. The van der Waals surface area contributed by atoms with Crippen LogP contribution in [0.5, 0.6) is 17.2 Å². The van der Waals surface area contributed by atoms with Gasteiger partial charge in [-0.1, -0.05) is 23.7 Å². The molecule has 0 aliphatic carbocycles. The Morgan fingerprint density at radius 3 is 2.52 bits per heavy atom. The van der Waals surface area contributed by atoms with E-state index >= 15 is 0 Å². The number of nitriles is 1. The van der Waals surface area contributed by atoms with Crippen LogP contribution in [0, 0.1) is 11.3 Å². The summed E-state index contributed by atoms with van der Waals surface area (Å²) in [6.07, 6.45) is 3.08. The van der Waals surface area contributed by atoms with Gasteiger partial charge in [0.1, 0.15) is 11.8 Å². The fourth-order valence-corrected chi connectivity index (χ4v) is 2.32. The summed E-state index contributed by atoms with van der Waals surface area (Å²) in [5.74, 6) is 1.16. The molecule has 2 aromatic carbocycles. The third-order valence-corrected chi connectivity index (χ3v) is 3.57. The first kappa shape index (κ1) is 18.4. The molecule has 0 aromatic heterocycles. The third kappa shape index (κ3) is 4.75. The van der Waals surface area contributed by atoms with Crippen LogP contribution < -0.4 is 14.2 Å². The largest absolute Gasteiger partial charge is 0.496 e. The maximum Gasteiger partial charge on any atom is 0.189 e. The number of rotatable bonds is 7.